The average Bonchev–Trinajstić information content (AvgIpc) is 2.45. The van der Waals surface area contributed by atoms with Gasteiger partial charge in [-0.3, -0.25) is 0 Å². The van der Waals surface area contributed by atoms with Gasteiger partial charge in [0.05, 0.1) is 11.3 Å². The smallest absolute Gasteiger partial charge is 0.338 e. The van der Waals surface area contributed by atoms with E-state index in [1.54, 1.807) is 6.07 Å². The van der Waals surface area contributed by atoms with Gasteiger partial charge in [-0.2, -0.15) is 0 Å². The zero-order valence-electron chi connectivity index (χ0n) is 12.3. The van der Waals surface area contributed by atoms with Crippen LogP contribution < -0.4 is 0 Å². The highest BCUT2D eigenvalue weighted by Crippen LogP contribution is 2.27. The zero-order chi connectivity index (χ0) is 15.6. The Labute approximate surface area is 124 Å². The summed E-state index contributed by atoms with van der Waals surface area (Å²) in [5.41, 5.74) is 3.03. The zero-order valence-corrected chi connectivity index (χ0v) is 12.3. The largest absolute Gasteiger partial charge is 0.478 e. The number of carboxylic acids is 1. The molecule has 0 saturated heterocycles. The SMILES string of the molecule is C#Cc1nc(-c2cccc(C(C)(C)C)c2)ccc1C(=O)O. The highest BCUT2D eigenvalue weighted by molar-refractivity contribution is 5.90. The number of carbonyl (C=O) groups is 1. The summed E-state index contributed by atoms with van der Waals surface area (Å²) >= 11 is 0. The predicted molar refractivity (Wildman–Crippen MR) is 83.3 cm³/mol. The molecular weight excluding hydrogens is 262 g/mol. The molecule has 0 bridgehead atoms. The third-order valence-corrected chi connectivity index (χ3v) is 3.29. The lowest BCUT2D eigenvalue weighted by molar-refractivity contribution is 0.0696. The molecule has 3 nitrogen and oxygen atoms in total. The number of carboxylic acid groups (broad SMARTS) is 1. The van der Waals surface area contributed by atoms with Crippen LogP contribution in [0.15, 0.2) is 36.4 Å². The monoisotopic (exact) mass is 279 g/mol. The fraction of sp³-hybridized carbons (Fsp3) is 0.222. The van der Waals surface area contributed by atoms with Crippen LogP contribution >= 0.6 is 0 Å². The molecule has 0 aliphatic rings. The van der Waals surface area contributed by atoms with Gasteiger partial charge in [0.15, 0.2) is 0 Å². The molecule has 106 valence electrons. The van der Waals surface area contributed by atoms with E-state index in [1.807, 2.05) is 12.1 Å². The topological polar surface area (TPSA) is 50.2 Å². The molecule has 2 aromatic rings. The van der Waals surface area contributed by atoms with Crippen molar-refractivity contribution in [3.05, 3.63) is 53.2 Å². The standard InChI is InChI=1S/C18H17NO2/c1-5-15-14(17(20)21)9-10-16(19-15)12-7-6-8-13(11-12)18(2,3)4/h1,6-11H,2-4H3,(H,20,21). The molecule has 2 rings (SSSR count). The summed E-state index contributed by atoms with van der Waals surface area (Å²) in [6.07, 6.45) is 5.36. The lowest BCUT2D eigenvalue weighted by atomic mass is 9.86. The number of aromatic carboxylic acids is 1. The predicted octanol–water partition coefficient (Wildman–Crippen LogP) is 3.73. The van der Waals surface area contributed by atoms with Crippen LogP contribution in [0.5, 0.6) is 0 Å². The molecule has 0 radical (unpaired) electrons. The van der Waals surface area contributed by atoms with Gasteiger partial charge in [-0.1, -0.05) is 39.0 Å². The van der Waals surface area contributed by atoms with E-state index in [2.05, 4.69) is 43.8 Å². The number of pyridine rings is 1. The van der Waals surface area contributed by atoms with Crippen LogP contribution in [0, 0.1) is 12.3 Å². The normalized spacial score (nSPS) is 11.0. The first-order chi connectivity index (χ1) is 9.82. The second-order valence-corrected chi connectivity index (χ2v) is 5.87. The maximum Gasteiger partial charge on any atom is 0.338 e. The number of hydrogen-bond donors (Lipinski definition) is 1. The van der Waals surface area contributed by atoms with Crippen molar-refractivity contribution in [1.82, 2.24) is 4.98 Å². The molecule has 1 heterocycles. The van der Waals surface area contributed by atoms with Crippen molar-refractivity contribution in [3.8, 4) is 23.6 Å². The van der Waals surface area contributed by atoms with Crippen LogP contribution in [0.25, 0.3) is 11.3 Å². The summed E-state index contributed by atoms with van der Waals surface area (Å²) in [4.78, 5) is 15.4. The Hall–Kier alpha value is -2.60. The van der Waals surface area contributed by atoms with Gasteiger partial charge in [0.1, 0.15) is 5.69 Å². The third-order valence-electron chi connectivity index (χ3n) is 3.29. The molecule has 1 aromatic heterocycles. The van der Waals surface area contributed by atoms with E-state index in [0.29, 0.717) is 5.69 Å². The first kappa shape index (κ1) is 14.8. The summed E-state index contributed by atoms with van der Waals surface area (Å²) in [6, 6.07) is 11.2. The van der Waals surface area contributed by atoms with Gasteiger partial charge in [0.25, 0.3) is 0 Å². The Kier molecular flexibility index (Phi) is 3.82. The van der Waals surface area contributed by atoms with Crippen LogP contribution in [0.4, 0.5) is 0 Å². The van der Waals surface area contributed by atoms with Crippen LogP contribution in [0.2, 0.25) is 0 Å². The fourth-order valence-corrected chi connectivity index (χ4v) is 2.05. The summed E-state index contributed by atoms with van der Waals surface area (Å²) in [7, 11) is 0. The van der Waals surface area contributed by atoms with E-state index in [0.717, 1.165) is 5.56 Å². The molecule has 0 saturated carbocycles. The fourth-order valence-electron chi connectivity index (χ4n) is 2.05. The minimum absolute atomic E-state index is 0.0337. The minimum Gasteiger partial charge on any atom is -0.478 e. The van der Waals surface area contributed by atoms with Crippen molar-refractivity contribution in [2.45, 2.75) is 26.2 Å². The van der Waals surface area contributed by atoms with Gasteiger partial charge in [0, 0.05) is 5.56 Å². The molecular formula is C18H17NO2. The Morgan fingerprint density at radius 2 is 1.95 bits per heavy atom. The molecule has 0 unspecified atom stereocenters. The molecule has 0 atom stereocenters. The van der Waals surface area contributed by atoms with Crippen molar-refractivity contribution < 1.29 is 9.90 Å². The van der Waals surface area contributed by atoms with Gasteiger partial charge in [0.2, 0.25) is 0 Å². The van der Waals surface area contributed by atoms with Crippen LogP contribution in [-0.2, 0) is 5.41 Å². The molecule has 0 amide bonds. The Morgan fingerprint density at radius 1 is 1.24 bits per heavy atom. The minimum atomic E-state index is -1.06. The maximum atomic E-state index is 11.1. The van der Waals surface area contributed by atoms with E-state index in [4.69, 9.17) is 11.5 Å². The van der Waals surface area contributed by atoms with Crippen molar-refractivity contribution in [1.29, 1.82) is 0 Å². The van der Waals surface area contributed by atoms with Gasteiger partial charge < -0.3 is 5.11 Å². The first-order valence-electron chi connectivity index (χ1n) is 6.65. The maximum absolute atomic E-state index is 11.1. The molecule has 3 heteroatoms. The van der Waals surface area contributed by atoms with Crippen LogP contribution in [-0.4, -0.2) is 16.1 Å². The van der Waals surface area contributed by atoms with Crippen molar-refractivity contribution in [2.24, 2.45) is 0 Å². The van der Waals surface area contributed by atoms with E-state index >= 15 is 0 Å². The Morgan fingerprint density at radius 3 is 2.52 bits per heavy atom. The highest BCUT2D eigenvalue weighted by Gasteiger charge is 2.15. The Bertz CT molecular complexity index is 734. The number of nitrogens with zero attached hydrogens (tertiary/aromatic N) is 1. The van der Waals surface area contributed by atoms with Gasteiger partial charge >= 0.3 is 5.97 Å². The van der Waals surface area contributed by atoms with Crippen LogP contribution in [0.3, 0.4) is 0 Å². The van der Waals surface area contributed by atoms with E-state index in [9.17, 15) is 4.79 Å². The third kappa shape index (κ3) is 3.11. The lowest BCUT2D eigenvalue weighted by Gasteiger charge is -2.19. The molecule has 1 aromatic carbocycles. The number of aromatic nitrogens is 1. The van der Waals surface area contributed by atoms with E-state index in [-0.39, 0.29) is 16.7 Å². The highest BCUT2D eigenvalue weighted by atomic mass is 16.4. The number of hydrogen-bond acceptors (Lipinski definition) is 2. The lowest BCUT2D eigenvalue weighted by Crippen LogP contribution is -2.10. The molecule has 0 aliphatic heterocycles. The number of terminal acetylenes is 1. The van der Waals surface area contributed by atoms with Gasteiger partial charge in [-0.05, 0) is 35.1 Å². The molecule has 0 aliphatic carbocycles. The van der Waals surface area contributed by atoms with Crippen molar-refractivity contribution in [2.75, 3.05) is 0 Å². The molecule has 0 fully saturated rings. The number of benzene rings is 1. The van der Waals surface area contributed by atoms with Crippen LogP contribution in [0.1, 0.15) is 42.4 Å². The average molecular weight is 279 g/mol. The van der Waals surface area contributed by atoms with Crippen molar-refractivity contribution >= 4 is 5.97 Å². The second kappa shape index (κ2) is 5.41. The Balaban J connectivity index is 2.53. The van der Waals surface area contributed by atoms with E-state index in [1.165, 1.54) is 11.6 Å². The number of rotatable bonds is 2. The summed E-state index contributed by atoms with van der Waals surface area (Å²) in [5.74, 6) is 1.28. The summed E-state index contributed by atoms with van der Waals surface area (Å²) in [6.45, 7) is 6.42. The van der Waals surface area contributed by atoms with Gasteiger partial charge in [-0.15, -0.1) is 6.42 Å². The molecule has 1 N–H and O–H groups in total. The summed E-state index contributed by atoms with van der Waals surface area (Å²) < 4.78 is 0. The quantitative estimate of drug-likeness (QED) is 0.852. The molecule has 21 heavy (non-hydrogen) atoms. The summed E-state index contributed by atoms with van der Waals surface area (Å²) in [5, 5.41) is 9.07. The second-order valence-electron chi connectivity index (χ2n) is 5.87. The molecule has 0 spiro atoms. The van der Waals surface area contributed by atoms with Gasteiger partial charge in [-0.25, -0.2) is 9.78 Å². The van der Waals surface area contributed by atoms with E-state index < -0.39 is 5.97 Å². The van der Waals surface area contributed by atoms with Crippen molar-refractivity contribution in [3.63, 3.8) is 0 Å². The first-order valence-corrected chi connectivity index (χ1v) is 6.65.